The molecule has 0 aromatic heterocycles. The molecule has 1 rings (SSSR count). The molecule has 1 aliphatic rings. The van der Waals surface area contributed by atoms with Crippen molar-refractivity contribution in [2.45, 2.75) is 32.0 Å². The van der Waals surface area contributed by atoms with E-state index in [2.05, 4.69) is 10.5 Å². The molecule has 1 heterocycles. The summed E-state index contributed by atoms with van der Waals surface area (Å²) in [7, 11) is 2.41. The van der Waals surface area contributed by atoms with E-state index in [1.807, 2.05) is 0 Å². The maximum atomic E-state index is 11.5. The minimum atomic E-state index is -0.669. The molecule has 0 spiro atoms. The Morgan fingerprint density at radius 1 is 1.59 bits per heavy atom. The average molecular weight is 244 g/mol. The van der Waals surface area contributed by atoms with Crippen LogP contribution in [0.1, 0.15) is 12.8 Å². The van der Waals surface area contributed by atoms with Crippen molar-refractivity contribution in [3.05, 3.63) is 0 Å². The second kappa shape index (κ2) is 6.95. The highest BCUT2D eigenvalue weighted by Crippen LogP contribution is 2.19. The van der Waals surface area contributed by atoms with E-state index in [1.165, 1.54) is 0 Å². The van der Waals surface area contributed by atoms with Crippen LogP contribution in [-0.2, 0) is 14.3 Å². The maximum absolute atomic E-state index is 11.5. The zero-order valence-corrected chi connectivity index (χ0v) is 10.6. The van der Waals surface area contributed by atoms with Crippen molar-refractivity contribution in [3.63, 3.8) is 0 Å². The Hall–Kier alpha value is -0.625. The van der Waals surface area contributed by atoms with Crippen LogP contribution in [0, 0.1) is 5.92 Å². The van der Waals surface area contributed by atoms with Gasteiger partial charge in [0.1, 0.15) is 0 Å². The molecule has 7 heteroatoms. The number of amides is 1. The van der Waals surface area contributed by atoms with Crippen LogP contribution >= 0.6 is 0 Å². The Bertz CT molecular complexity index is 248. The van der Waals surface area contributed by atoms with E-state index in [-0.39, 0.29) is 17.9 Å². The highest BCUT2D eigenvalue weighted by Gasteiger charge is 2.32. The average Bonchev–Trinajstić information content (AvgIpc) is 2.65. The smallest absolute Gasteiger partial charge is 0.373 e. The molecule has 0 aromatic rings. The number of nitrogens with one attached hydrogen (secondary N) is 2. The predicted octanol–water partition coefficient (Wildman–Crippen LogP) is -0.800. The summed E-state index contributed by atoms with van der Waals surface area (Å²) in [5.41, 5.74) is 0. The first-order valence-corrected chi connectivity index (χ1v) is 5.86. The van der Waals surface area contributed by atoms with Crippen LogP contribution in [0.15, 0.2) is 0 Å². The van der Waals surface area contributed by atoms with Crippen molar-refractivity contribution in [3.8, 4) is 0 Å². The Morgan fingerprint density at radius 2 is 2.24 bits per heavy atom. The molecule has 98 valence electrons. The Balaban J connectivity index is 2.58. The molecule has 0 aliphatic carbocycles. The van der Waals surface area contributed by atoms with Crippen molar-refractivity contribution in [1.82, 2.24) is 10.5 Å². The second-order valence-corrected chi connectivity index (χ2v) is 4.30. The molecule has 3 N–H and O–H groups in total. The molecule has 1 saturated heterocycles. The fourth-order valence-electron chi connectivity index (χ4n) is 2.17. The maximum Gasteiger partial charge on any atom is 0.373 e. The van der Waals surface area contributed by atoms with Gasteiger partial charge in [0.05, 0.1) is 6.04 Å². The first-order chi connectivity index (χ1) is 8.08. The van der Waals surface area contributed by atoms with Gasteiger partial charge in [-0.25, -0.2) is 0 Å². The standard InChI is InChI=1S/C10H21BN2O4/c1-11(15)13-8(10(16-2)17-3)6-7-4-5-12-9(7)14/h7-8,10,13,15H,4-6H2,1-3H3,(H,12,14). The monoisotopic (exact) mass is 244 g/mol. The third-order valence-corrected chi connectivity index (χ3v) is 2.95. The quantitative estimate of drug-likeness (QED) is 0.403. The zero-order chi connectivity index (χ0) is 12.8. The molecule has 17 heavy (non-hydrogen) atoms. The molecular weight excluding hydrogens is 223 g/mol. The van der Waals surface area contributed by atoms with E-state index in [0.29, 0.717) is 6.42 Å². The normalized spacial score (nSPS) is 21.7. The summed E-state index contributed by atoms with van der Waals surface area (Å²) in [6.07, 6.45) is 0.929. The van der Waals surface area contributed by atoms with Gasteiger partial charge in [-0.3, -0.25) is 4.79 Å². The summed E-state index contributed by atoms with van der Waals surface area (Å²) in [4.78, 5) is 11.5. The van der Waals surface area contributed by atoms with Crippen LogP contribution in [0.3, 0.4) is 0 Å². The van der Waals surface area contributed by atoms with Crippen LogP contribution < -0.4 is 10.5 Å². The summed E-state index contributed by atoms with van der Waals surface area (Å²) < 4.78 is 10.4. The molecule has 0 radical (unpaired) electrons. The molecule has 0 bridgehead atoms. The van der Waals surface area contributed by atoms with Crippen LogP contribution in [0.4, 0.5) is 0 Å². The van der Waals surface area contributed by atoms with Crippen molar-refractivity contribution in [1.29, 1.82) is 0 Å². The predicted molar refractivity (Wildman–Crippen MR) is 64.3 cm³/mol. The third-order valence-electron chi connectivity index (χ3n) is 2.95. The lowest BCUT2D eigenvalue weighted by atomic mass is 9.85. The summed E-state index contributed by atoms with van der Waals surface area (Å²) >= 11 is 0. The van der Waals surface area contributed by atoms with E-state index in [9.17, 15) is 9.82 Å². The van der Waals surface area contributed by atoms with Gasteiger partial charge in [-0.15, -0.1) is 0 Å². The molecule has 0 saturated carbocycles. The van der Waals surface area contributed by atoms with E-state index >= 15 is 0 Å². The van der Waals surface area contributed by atoms with Crippen LogP contribution in [-0.4, -0.2) is 51.1 Å². The van der Waals surface area contributed by atoms with E-state index < -0.39 is 13.3 Å². The molecule has 1 aliphatic heterocycles. The van der Waals surface area contributed by atoms with Crippen molar-refractivity contribution in [2.75, 3.05) is 20.8 Å². The number of rotatable bonds is 7. The number of hydrogen-bond donors (Lipinski definition) is 3. The van der Waals surface area contributed by atoms with Crippen LogP contribution in [0.2, 0.25) is 6.82 Å². The van der Waals surface area contributed by atoms with Crippen LogP contribution in [0.5, 0.6) is 0 Å². The van der Waals surface area contributed by atoms with Gasteiger partial charge in [0.15, 0.2) is 6.29 Å². The topological polar surface area (TPSA) is 79.8 Å². The Labute approximate surface area is 102 Å². The fourth-order valence-corrected chi connectivity index (χ4v) is 2.17. The van der Waals surface area contributed by atoms with Crippen molar-refractivity contribution < 1.29 is 19.3 Å². The molecule has 2 unspecified atom stereocenters. The molecule has 1 amide bonds. The van der Waals surface area contributed by atoms with Crippen molar-refractivity contribution in [2.24, 2.45) is 5.92 Å². The molecule has 1 fully saturated rings. The number of carbonyl (C=O) groups is 1. The molecular formula is C10H21BN2O4. The van der Waals surface area contributed by atoms with Gasteiger partial charge in [0.25, 0.3) is 0 Å². The zero-order valence-electron chi connectivity index (χ0n) is 10.6. The van der Waals surface area contributed by atoms with Crippen molar-refractivity contribution >= 4 is 13.0 Å². The number of methoxy groups -OCH3 is 2. The molecule has 2 atom stereocenters. The lowest BCUT2D eigenvalue weighted by Crippen LogP contribution is -2.49. The van der Waals surface area contributed by atoms with E-state index in [0.717, 1.165) is 13.0 Å². The summed E-state index contributed by atoms with van der Waals surface area (Å²) in [6.45, 7) is 2.35. The van der Waals surface area contributed by atoms with Gasteiger partial charge >= 0.3 is 7.05 Å². The first kappa shape index (κ1) is 14.4. The highest BCUT2D eigenvalue weighted by atomic mass is 16.7. The van der Waals surface area contributed by atoms with Gasteiger partial charge in [-0.1, -0.05) is 0 Å². The van der Waals surface area contributed by atoms with Crippen LogP contribution in [0.25, 0.3) is 0 Å². The first-order valence-electron chi connectivity index (χ1n) is 5.86. The second-order valence-electron chi connectivity index (χ2n) is 4.30. The minimum absolute atomic E-state index is 0.0425. The van der Waals surface area contributed by atoms with E-state index in [4.69, 9.17) is 9.47 Å². The van der Waals surface area contributed by atoms with Gasteiger partial charge in [0, 0.05) is 26.7 Å². The fraction of sp³-hybridized carbons (Fsp3) is 0.900. The van der Waals surface area contributed by atoms with Gasteiger partial charge in [-0.2, -0.15) is 0 Å². The third kappa shape index (κ3) is 4.27. The lowest BCUT2D eigenvalue weighted by molar-refractivity contribution is -0.130. The summed E-state index contributed by atoms with van der Waals surface area (Å²) in [6, 6.07) is -0.209. The van der Waals surface area contributed by atoms with Gasteiger partial charge in [0.2, 0.25) is 5.91 Å². The minimum Gasteiger partial charge on any atom is -0.437 e. The summed E-state index contributed by atoms with van der Waals surface area (Å²) in [5.74, 6) is 0.0207. The molecule has 0 aromatic carbocycles. The lowest BCUT2D eigenvalue weighted by Gasteiger charge is -2.27. The Morgan fingerprint density at radius 3 is 2.65 bits per heavy atom. The highest BCUT2D eigenvalue weighted by molar-refractivity contribution is 6.45. The van der Waals surface area contributed by atoms with Gasteiger partial charge in [-0.05, 0) is 19.7 Å². The number of hydrogen-bond acceptors (Lipinski definition) is 5. The van der Waals surface area contributed by atoms with Gasteiger partial charge < -0.3 is 25.0 Å². The largest absolute Gasteiger partial charge is 0.437 e. The summed E-state index contributed by atoms with van der Waals surface area (Å²) in [5, 5.41) is 15.1. The number of ether oxygens (including phenoxy) is 2. The van der Waals surface area contributed by atoms with E-state index in [1.54, 1.807) is 21.0 Å². The molecule has 6 nitrogen and oxygen atoms in total. The Kier molecular flexibility index (Phi) is 5.90. The SMILES string of the molecule is COC(OC)C(CC1CCNC1=O)NB(C)O. The number of carbonyl (C=O) groups excluding carboxylic acids is 1.